The average molecular weight is 361 g/mol. The summed E-state index contributed by atoms with van der Waals surface area (Å²) in [6.45, 7) is 12.2. The van der Waals surface area contributed by atoms with Gasteiger partial charge in [0.2, 0.25) is 5.69 Å². The molecule has 27 heavy (non-hydrogen) atoms. The van der Waals surface area contributed by atoms with Crippen LogP contribution in [0.3, 0.4) is 0 Å². The van der Waals surface area contributed by atoms with E-state index in [1.54, 1.807) is 0 Å². The molecule has 0 N–H and O–H groups in total. The first kappa shape index (κ1) is 16.7. The van der Waals surface area contributed by atoms with E-state index in [0.717, 1.165) is 16.8 Å². The molecular weight excluding hydrogens is 326 g/mol. The van der Waals surface area contributed by atoms with Gasteiger partial charge in [-0.3, -0.25) is 0 Å². The molecule has 0 aliphatic heterocycles. The van der Waals surface area contributed by atoms with Crippen molar-refractivity contribution in [2.45, 2.75) is 47.9 Å². The third-order valence-corrected chi connectivity index (χ3v) is 4.96. The van der Waals surface area contributed by atoms with E-state index < -0.39 is 11.8 Å². The number of nitrogens with zero attached hydrogens (tertiary/aromatic N) is 1. The van der Waals surface area contributed by atoms with Gasteiger partial charge in [-0.1, -0.05) is 57.2 Å². The van der Waals surface area contributed by atoms with E-state index in [1.807, 2.05) is 40.9 Å². The SMILES string of the molecule is [2H]C([2H])(c1c[n+](C)c(-c2cc(-c3ccccc3C)ccc2C)cc1C)C(C)(C)C. The minimum atomic E-state index is -1.41. The maximum atomic E-state index is 8.70. The number of rotatable bonds is 3. The topological polar surface area (TPSA) is 3.88 Å². The second-order valence-corrected chi connectivity index (χ2v) is 8.59. The van der Waals surface area contributed by atoms with Crippen LogP contribution < -0.4 is 4.57 Å². The van der Waals surface area contributed by atoms with Gasteiger partial charge in [-0.05, 0) is 66.4 Å². The van der Waals surface area contributed by atoms with Crippen molar-refractivity contribution in [3.05, 3.63) is 77.0 Å². The Hall–Kier alpha value is -2.41. The maximum Gasteiger partial charge on any atom is 0.212 e. The molecule has 0 bridgehead atoms. The summed E-state index contributed by atoms with van der Waals surface area (Å²) in [7, 11) is 2.01. The van der Waals surface area contributed by atoms with Crippen LogP contribution >= 0.6 is 0 Å². The summed E-state index contributed by atoms with van der Waals surface area (Å²) >= 11 is 0. The number of aromatic nitrogens is 1. The highest BCUT2D eigenvalue weighted by Gasteiger charge is 2.20. The first-order chi connectivity index (χ1) is 13.4. The quantitative estimate of drug-likeness (QED) is 0.479. The fraction of sp³-hybridized carbons (Fsp3) is 0.346. The van der Waals surface area contributed by atoms with Crippen molar-refractivity contribution in [3.63, 3.8) is 0 Å². The van der Waals surface area contributed by atoms with Crippen LogP contribution in [0.15, 0.2) is 54.7 Å². The van der Waals surface area contributed by atoms with Gasteiger partial charge in [0.05, 0.1) is 0 Å². The van der Waals surface area contributed by atoms with E-state index in [4.69, 9.17) is 2.74 Å². The van der Waals surface area contributed by atoms with Crippen LogP contribution in [0.5, 0.6) is 0 Å². The molecule has 0 fully saturated rings. The Kier molecular flexibility index (Phi) is 4.53. The largest absolute Gasteiger partial charge is 0.212 e. The molecule has 0 radical (unpaired) electrons. The van der Waals surface area contributed by atoms with Gasteiger partial charge >= 0.3 is 0 Å². The number of hydrogen-bond acceptors (Lipinski definition) is 0. The summed E-state index contributed by atoms with van der Waals surface area (Å²) in [6, 6.07) is 17.2. The van der Waals surface area contributed by atoms with Crippen molar-refractivity contribution < 1.29 is 7.31 Å². The summed E-state index contributed by atoms with van der Waals surface area (Å²) in [5.74, 6) is 0. The normalized spacial score (nSPS) is 13.3. The van der Waals surface area contributed by atoms with Crippen molar-refractivity contribution in [1.29, 1.82) is 0 Å². The highest BCUT2D eigenvalue weighted by Crippen LogP contribution is 2.31. The van der Waals surface area contributed by atoms with Crippen molar-refractivity contribution in [2.75, 3.05) is 0 Å². The summed E-state index contributed by atoms with van der Waals surface area (Å²) in [5, 5.41) is 0. The number of pyridine rings is 1. The van der Waals surface area contributed by atoms with Gasteiger partial charge in [0.15, 0.2) is 6.20 Å². The zero-order chi connectivity index (χ0) is 21.6. The fourth-order valence-corrected chi connectivity index (χ4v) is 3.51. The molecule has 0 saturated carbocycles. The second kappa shape index (κ2) is 7.31. The Morgan fingerprint density at radius 2 is 1.52 bits per heavy atom. The molecule has 0 aliphatic carbocycles. The van der Waals surface area contributed by atoms with Crippen LogP contribution in [0.25, 0.3) is 22.4 Å². The van der Waals surface area contributed by atoms with Crippen molar-refractivity contribution in [3.8, 4) is 22.4 Å². The molecular formula is C26H32N+. The molecule has 1 nitrogen and oxygen atoms in total. The van der Waals surface area contributed by atoms with Crippen LogP contribution in [0.1, 0.15) is 45.8 Å². The number of aryl methyl sites for hydroxylation is 4. The van der Waals surface area contributed by atoms with Gasteiger partial charge in [0.25, 0.3) is 0 Å². The highest BCUT2D eigenvalue weighted by atomic mass is 14.9. The van der Waals surface area contributed by atoms with E-state index in [2.05, 4.69) is 66.9 Å². The van der Waals surface area contributed by atoms with E-state index in [-0.39, 0.29) is 0 Å². The van der Waals surface area contributed by atoms with Gasteiger partial charge in [-0.15, -0.1) is 0 Å². The lowest BCUT2D eigenvalue weighted by molar-refractivity contribution is -0.660. The van der Waals surface area contributed by atoms with Gasteiger partial charge < -0.3 is 0 Å². The molecule has 0 amide bonds. The minimum Gasteiger partial charge on any atom is -0.201 e. The number of benzene rings is 2. The lowest BCUT2D eigenvalue weighted by atomic mass is 9.86. The predicted octanol–water partition coefficient (Wildman–Crippen LogP) is 6.36. The van der Waals surface area contributed by atoms with E-state index in [1.165, 1.54) is 27.8 Å². The smallest absolute Gasteiger partial charge is 0.201 e. The third-order valence-electron chi connectivity index (χ3n) is 4.96. The van der Waals surface area contributed by atoms with Gasteiger partial charge in [-0.2, -0.15) is 0 Å². The van der Waals surface area contributed by atoms with Crippen LogP contribution in [0, 0.1) is 26.2 Å². The average Bonchev–Trinajstić information content (AvgIpc) is 2.63. The third kappa shape index (κ3) is 4.30. The molecule has 0 aliphatic rings. The lowest BCUT2D eigenvalue weighted by Gasteiger charge is -2.19. The zero-order valence-corrected chi connectivity index (χ0v) is 17.6. The molecule has 0 unspecified atom stereocenters. The Morgan fingerprint density at radius 3 is 2.19 bits per heavy atom. The summed E-state index contributed by atoms with van der Waals surface area (Å²) < 4.78 is 19.5. The molecule has 0 spiro atoms. The predicted molar refractivity (Wildman–Crippen MR) is 116 cm³/mol. The molecule has 140 valence electrons. The van der Waals surface area contributed by atoms with Gasteiger partial charge in [0.1, 0.15) is 7.05 Å². The fourth-order valence-electron chi connectivity index (χ4n) is 3.51. The minimum absolute atomic E-state index is 0.479. The monoisotopic (exact) mass is 360 g/mol. The first-order valence-electron chi connectivity index (χ1n) is 10.6. The lowest BCUT2D eigenvalue weighted by Crippen LogP contribution is -2.32. The Morgan fingerprint density at radius 1 is 0.852 bits per heavy atom. The first-order valence-corrected chi connectivity index (χ1v) is 9.61. The van der Waals surface area contributed by atoms with Crippen LogP contribution in [-0.2, 0) is 13.4 Å². The van der Waals surface area contributed by atoms with Crippen molar-refractivity contribution >= 4 is 0 Å². The van der Waals surface area contributed by atoms with Gasteiger partial charge in [-0.25, -0.2) is 4.57 Å². The maximum absolute atomic E-state index is 8.70. The zero-order valence-electron chi connectivity index (χ0n) is 19.6. The Bertz CT molecular complexity index is 1060. The van der Waals surface area contributed by atoms with E-state index >= 15 is 0 Å². The van der Waals surface area contributed by atoms with Gasteiger partial charge in [0, 0.05) is 19.9 Å². The van der Waals surface area contributed by atoms with E-state index in [0.29, 0.717) is 0 Å². The molecule has 3 rings (SSSR count). The summed E-state index contributed by atoms with van der Waals surface area (Å²) in [4.78, 5) is 0. The molecule has 2 aromatic carbocycles. The van der Waals surface area contributed by atoms with Crippen LogP contribution in [0.4, 0.5) is 0 Å². The summed E-state index contributed by atoms with van der Waals surface area (Å²) in [6.07, 6.45) is 0.557. The Labute approximate surface area is 167 Å². The molecule has 1 aromatic heterocycles. The second-order valence-electron chi connectivity index (χ2n) is 8.59. The van der Waals surface area contributed by atoms with Crippen molar-refractivity contribution in [2.24, 2.45) is 12.5 Å². The number of hydrogen-bond donors (Lipinski definition) is 0. The Balaban J connectivity index is 2.16. The van der Waals surface area contributed by atoms with Crippen LogP contribution in [0.2, 0.25) is 0 Å². The summed E-state index contributed by atoms with van der Waals surface area (Å²) in [5.41, 5.74) is 8.46. The van der Waals surface area contributed by atoms with Crippen LogP contribution in [-0.4, -0.2) is 0 Å². The molecule has 3 aromatic rings. The van der Waals surface area contributed by atoms with E-state index in [9.17, 15) is 0 Å². The highest BCUT2D eigenvalue weighted by molar-refractivity contribution is 5.74. The molecule has 1 heterocycles. The standard InChI is InChI=1S/C26H32N/c1-18-10-8-9-11-23(18)21-13-12-19(2)24(15-21)25-14-20(3)22(17-27(25)7)16-26(4,5)6/h8-15,17H,16H2,1-7H3/q+1/i16D2. The molecule has 0 saturated heterocycles. The molecule has 1 heteroatoms. The molecule has 0 atom stereocenters. The van der Waals surface area contributed by atoms with Crippen molar-refractivity contribution in [1.82, 2.24) is 0 Å².